The summed E-state index contributed by atoms with van der Waals surface area (Å²) in [5.41, 5.74) is -6.96. The van der Waals surface area contributed by atoms with E-state index in [-0.39, 0.29) is 43.0 Å². The van der Waals surface area contributed by atoms with Crippen LogP contribution in [-0.2, 0) is 14.3 Å². The summed E-state index contributed by atoms with van der Waals surface area (Å²) < 4.78 is 44.6. The van der Waals surface area contributed by atoms with E-state index in [1.165, 1.54) is 37.5 Å². The van der Waals surface area contributed by atoms with Crippen LogP contribution in [0.4, 0.5) is 8.78 Å². The van der Waals surface area contributed by atoms with E-state index >= 15 is 8.78 Å². The number of halogens is 2. The third kappa shape index (κ3) is 3.81. The van der Waals surface area contributed by atoms with E-state index in [4.69, 9.17) is 14.3 Å². The molecule has 4 aliphatic rings. The number of allylic oxidation sites excluding steroid dienone is 4. The fraction of sp³-hybridized carbons (Fsp3) is 0.567. The van der Waals surface area contributed by atoms with Crippen molar-refractivity contribution >= 4 is 28.6 Å². The molecule has 0 saturated heterocycles. The molecule has 10 heteroatoms. The molecule has 1 aromatic rings. The molecule has 0 radical (unpaired) electrons. The molecular formula is C30H32F2O7S. The molecule has 7 nitrogen and oxygen atoms in total. The number of aliphatic hydroxyl groups excluding tert-OH is 2. The summed E-state index contributed by atoms with van der Waals surface area (Å²) in [7, 11) is 0. The molecule has 5 rings (SSSR count). The molecule has 40 heavy (non-hydrogen) atoms. The van der Waals surface area contributed by atoms with Gasteiger partial charge in [-0.15, -0.1) is 0 Å². The number of ether oxygens (including phenoxy) is 1. The highest BCUT2D eigenvalue weighted by atomic mass is 32.2. The summed E-state index contributed by atoms with van der Waals surface area (Å²) in [6, 6.07) is 2.91. The lowest BCUT2D eigenvalue weighted by Gasteiger charge is -2.63. The number of ketones is 1. The number of carbonyl (C=O) groups is 3. The number of esters is 1. The summed E-state index contributed by atoms with van der Waals surface area (Å²) in [5, 5.41) is 20.1. The molecule has 9 unspecified atom stereocenters. The van der Waals surface area contributed by atoms with E-state index in [0.29, 0.717) is 0 Å². The fourth-order valence-electron chi connectivity index (χ4n) is 8.12. The number of hydrogen-bond donors (Lipinski definition) is 2. The maximum Gasteiger partial charge on any atom is 0.375 e. The van der Waals surface area contributed by atoms with Gasteiger partial charge in [-0.3, -0.25) is 9.59 Å². The predicted molar refractivity (Wildman–Crippen MR) is 142 cm³/mol. The van der Waals surface area contributed by atoms with Crippen molar-refractivity contribution in [2.75, 3.05) is 12.4 Å². The van der Waals surface area contributed by atoms with Gasteiger partial charge in [-0.25, -0.2) is 13.6 Å². The monoisotopic (exact) mass is 574 g/mol. The van der Waals surface area contributed by atoms with Gasteiger partial charge in [0.2, 0.25) is 10.9 Å². The maximum atomic E-state index is 17.5. The number of carbonyl (C=O) groups excluding carboxylic acids is 3. The Bertz CT molecular complexity index is 1350. The van der Waals surface area contributed by atoms with Gasteiger partial charge in [0.25, 0.3) is 0 Å². The molecule has 1 aromatic heterocycles. The number of rotatable bonds is 4. The summed E-state index contributed by atoms with van der Waals surface area (Å²) in [5.74, 6) is 1.45. The molecule has 0 bridgehead atoms. The third-order valence-corrected chi connectivity index (χ3v) is 10.8. The van der Waals surface area contributed by atoms with E-state index in [1.54, 1.807) is 13.8 Å². The topological polar surface area (TPSA) is 114 Å². The Morgan fingerprint density at radius 2 is 2.00 bits per heavy atom. The van der Waals surface area contributed by atoms with Gasteiger partial charge in [0.1, 0.15) is 12.8 Å². The number of hydrogen-bond acceptors (Lipinski definition) is 8. The predicted octanol–water partition coefficient (Wildman–Crippen LogP) is 4.00. The second kappa shape index (κ2) is 9.97. The Morgan fingerprint density at radius 1 is 1.25 bits per heavy atom. The molecular weight excluding hydrogens is 542 g/mol. The van der Waals surface area contributed by atoms with Crippen molar-refractivity contribution in [3.63, 3.8) is 0 Å². The van der Waals surface area contributed by atoms with Gasteiger partial charge in [-0.2, -0.15) is 0 Å². The normalized spacial score (nSPS) is 41.6. The van der Waals surface area contributed by atoms with Gasteiger partial charge < -0.3 is 19.4 Å². The van der Waals surface area contributed by atoms with Gasteiger partial charge in [0.05, 0.1) is 18.1 Å². The van der Waals surface area contributed by atoms with Crippen LogP contribution in [0.1, 0.15) is 50.6 Å². The summed E-state index contributed by atoms with van der Waals surface area (Å²) >= 11 is 0.819. The zero-order valence-corrected chi connectivity index (χ0v) is 23.3. The van der Waals surface area contributed by atoms with Crippen molar-refractivity contribution in [2.24, 2.45) is 28.6 Å². The molecule has 9 atom stereocenters. The Hall–Kier alpha value is -2.74. The number of aliphatic hydroxyl groups is 2. The zero-order chi connectivity index (χ0) is 29.1. The molecule has 4 aliphatic carbocycles. The molecule has 3 saturated carbocycles. The molecule has 0 amide bonds. The van der Waals surface area contributed by atoms with Crippen LogP contribution in [0, 0.1) is 40.4 Å². The van der Waals surface area contributed by atoms with Crippen molar-refractivity contribution in [1.82, 2.24) is 0 Å². The second-order valence-corrected chi connectivity index (χ2v) is 12.6. The van der Waals surface area contributed by atoms with Crippen LogP contribution >= 0.6 is 11.8 Å². The lowest BCUT2D eigenvalue weighted by atomic mass is 9.44. The van der Waals surface area contributed by atoms with Crippen LogP contribution in [0.3, 0.4) is 0 Å². The first-order chi connectivity index (χ1) is 18.9. The Balaban J connectivity index is 1.61. The van der Waals surface area contributed by atoms with Crippen molar-refractivity contribution < 1.29 is 42.5 Å². The number of furan rings is 1. The van der Waals surface area contributed by atoms with Gasteiger partial charge in [0.15, 0.2) is 17.1 Å². The third-order valence-electron chi connectivity index (χ3n) is 9.93. The first kappa shape index (κ1) is 28.8. The van der Waals surface area contributed by atoms with Crippen LogP contribution < -0.4 is 0 Å². The molecule has 1 heterocycles. The van der Waals surface area contributed by atoms with Crippen molar-refractivity contribution in [3.8, 4) is 11.8 Å². The molecule has 2 N–H and O–H groups in total. The zero-order valence-electron chi connectivity index (χ0n) is 22.5. The lowest BCUT2D eigenvalue weighted by Crippen LogP contribution is -2.70. The maximum absolute atomic E-state index is 17.5. The first-order valence-electron chi connectivity index (χ1n) is 13.3. The van der Waals surface area contributed by atoms with E-state index in [9.17, 15) is 19.5 Å². The van der Waals surface area contributed by atoms with Crippen LogP contribution in [0.5, 0.6) is 0 Å². The van der Waals surface area contributed by atoms with Crippen molar-refractivity contribution in [1.29, 1.82) is 0 Å². The Morgan fingerprint density at radius 3 is 2.67 bits per heavy atom. The summed E-state index contributed by atoms with van der Waals surface area (Å²) in [6.07, 6.45) is 1.43. The van der Waals surface area contributed by atoms with E-state index in [1.807, 2.05) is 0 Å². The molecule has 3 fully saturated rings. The van der Waals surface area contributed by atoms with E-state index < -0.39 is 69.0 Å². The Labute approximate surface area is 235 Å². The number of thioether (sulfide) groups is 1. The van der Waals surface area contributed by atoms with Crippen LogP contribution in [0.15, 0.2) is 46.6 Å². The minimum absolute atomic E-state index is 0.0112. The largest absolute Gasteiger partial charge is 0.457 e. The average molecular weight is 575 g/mol. The minimum atomic E-state index is -2.33. The molecule has 0 aromatic carbocycles. The van der Waals surface area contributed by atoms with Gasteiger partial charge >= 0.3 is 5.97 Å². The minimum Gasteiger partial charge on any atom is -0.457 e. The number of alkyl halides is 2. The van der Waals surface area contributed by atoms with E-state index in [2.05, 4.69) is 11.8 Å². The highest BCUT2D eigenvalue weighted by Gasteiger charge is 2.78. The highest BCUT2D eigenvalue weighted by molar-refractivity contribution is 8.14. The summed E-state index contributed by atoms with van der Waals surface area (Å²) in [6.45, 7) is 4.58. The molecule has 0 aliphatic heterocycles. The Kier molecular flexibility index (Phi) is 7.17. The van der Waals surface area contributed by atoms with Gasteiger partial charge in [-0.1, -0.05) is 43.5 Å². The number of fused-ring (bicyclic) bond motifs is 5. The first-order valence-corrected chi connectivity index (χ1v) is 14.3. The van der Waals surface area contributed by atoms with Gasteiger partial charge in [-0.05, 0) is 62.0 Å². The van der Waals surface area contributed by atoms with Crippen LogP contribution in [0.25, 0.3) is 0 Å². The van der Waals surface area contributed by atoms with Crippen LogP contribution in [0.2, 0.25) is 0 Å². The van der Waals surface area contributed by atoms with Crippen molar-refractivity contribution in [2.45, 2.75) is 63.6 Å². The van der Waals surface area contributed by atoms with Gasteiger partial charge in [0, 0.05) is 22.7 Å². The smallest absolute Gasteiger partial charge is 0.375 e. The SMILES string of the molecule is CC1CC2C3CC(F)C4=CC(=O)C=CC4(C)C3(F)C(O)CC2(C)C1(OC(=O)c1ccco1)C(=O)SCC#CCO. The second-order valence-electron chi connectivity index (χ2n) is 11.7. The van der Waals surface area contributed by atoms with Crippen molar-refractivity contribution in [3.05, 3.63) is 48.0 Å². The molecule has 0 spiro atoms. The quantitative estimate of drug-likeness (QED) is 0.410. The standard InChI is InChI=1S/C30H32F2O7S/c1-17-13-19-20-15-22(31)21-14-18(34)8-9-27(21,2)29(20,32)24(35)16-28(19,3)30(17,26(37)40-12-5-4-10-33)39-25(36)23-7-6-11-38-23/h6-9,11,14,17,19-20,22,24,33,35H,10,12-13,15-16H2,1-3H3. The van der Waals surface area contributed by atoms with Crippen LogP contribution in [-0.4, -0.2) is 63.0 Å². The highest BCUT2D eigenvalue weighted by Crippen LogP contribution is 2.72. The molecule has 214 valence electrons. The fourth-order valence-corrected chi connectivity index (χ4v) is 9.12. The average Bonchev–Trinajstić information content (AvgIpc) is 3.52. The summed E-state index contributed by atoms with van der Waals surface area (Å²) in [4.78, 5) is 39.4. The lowest BCUT2D eigenvalue weighted by molar-refractivity contribution is -0.221. The van der Waals surface area contributed by atoms with E-state index in [0.717, 1.165) is 17.8 Å².